The Hall–Kier alpha value is -1.17. The second-order valence-corrected chi connectivity index (χ2v) is 6.58. The Balaban J connectivity index is 0.00000208. The fraction of sp³-hybridized carbons (Fsp3) is 0.611. The van der Waals surface area contributed by atoms with Crippen molar-refractivity contribution in [1.82, 2.24) is 10.2 Å². The van der Waals surface area contributed by atoms with Crippen molar-refractivity contribution in [1.29, 1.82) is 0 Å². The van der Waals surface area contributed by atoms with Crippen LogP contribution in [0.2, 0.25) is 0 Å². The molecular weight excluding hydrogens is 331 g/mol. The summed E-state index contributed by atoms with van der Waals surface area (Å²) in [6.07, 6.45) is 3.45. The molecule has 4 nitrogen and oxygen atoms in total. The van der Waals surface area contributed by atoms with Crippen molar-refractivity contribution in [2.45, 2.75) is 37.1 Å². The lowest BCUT2D eigenvalue weighted by atomic mass is 9.72. The molecule has 0 aliphatic carbocycles. The standard InChI is InChI=1S/C18H25FN2O2.ClH/c1-20-16-3-2-10-21(13-16)17(22)18(8-11-23-12-9-18)14-4-6-15(19)7-5-14;/h4-7,16,20H,2-3,8-13H2,1H3;1H. The number of nitrogens with zero attached hydrogens (tertiary/aromatic N) is 1. The lowest BCUT2D eigenvalue weighted by molar-refractivity contribution is -0.142. The summed E-state index contributed by atoms with van der Waals surface area (Å²) in [7, 11) is 1.95. The van der Waals surface area contributed by atoms with Gasteiger partial charge >= 0.3 is 0 Å². The van der Waals surface area contributed by atoms with Crippen LogP contribution in [0.5, 0.6) is 0 Å². The molecule has 3 rings (SSSR count). The van der Waals surface area contributed by atoms with E-state index < -0.39 is 5.41 Å². The predicted octanol–water partition coefficient (Wildman–Crippen LogP) is 2.51. The molecule has 1 aromatic carbocycles. The number of amides is 1. The minimum atomic E-state index is -0.568. The maximum Gasteiger partial charge on any atom is 0.233 e. The van der Waals surface area contributed by atoms with Crippen LogP contribution in [0.4, 0.5) is 4.39 Å². The number of ether oxygens (including phenoxy) is 1. The Bertz CT molecular complexity index is 546. The minimum absolute atomic E-state index is 0. The first-order chi connectivity index (χ1) is 11.2. The van der Waals surface area contributed by atoms with Gasteiger partial charge < -0.3 is 15.0 Å². The van der Waals surface area contributed by atoms with Gasteiger partial charge in [0.05, 0.1) is 5.41 Å². The van der Waals surface area contributed by atoms with Gasteiger partial charge in [0.25, 0.3) is 0 Å². The van der Waals surface area contributed by atoms with E-state index in [2.05, 4.69) is 5.32 Å². The third-order valence-electron chi connectivity index (χ3n) is 5.27. The van der Waals surface area contributed by atoms with E-state index in [1.165, 1.54) is 12.1 Å². The average molecular weight is 357 g/mol. The van der Waals surface area contributed by atoms with Gasteiger partial charge in [-0.15, -0.1) is 12.4 Å². The van der Waals surface area contributed by atoms with Crippen LogP contribution >= 0.6 is 12.4 Å². The van der Waals surface area contributed by atoms with E-state index in [0.29, 0.717) is 32.1 Å². The first kappa shape index (κ1) is 19.2. The Kier molecular flexibility index (Phi) is 6.61. The summed E-state index contributed by atoms with van der Waals surface area (Å²) in [4.78, 5) is 15.4. The summed E-state index contributed by atoms with van der Waals surface area (Å²) < 4.78 is 18.8. The monoisotopic (exact) mass is 356 g/mol. The molecule has 0 bridgehead atoms. The Morgan fingerprint density at radius 1 is 1.29 bits per heavy atom. The molecule has 6 heteroatoms. The van der Waals surface area contributed by atoms with Crippen LogP contribution in [0, 0.1) is 5.82 Å². The maximum absolute atomic E-state index is 13.4. The molecule has 2 fully saturated rings. The van der Waals surface area contributed by atoms with Gasteiger partial charge in [-0.3, -0.25) is 4.79 Å². The second-order valence-electron chi connectivity index (χ2n) is 6.58. The van der Waals surface area contributed by atoms with Gasteiger partial charge in [0, 0.05) is 32.3 Å². The SMILES string of the molecule is CNC1CCCN(C(=O)C2(c3ccc(F)cc3)CCOCC2)C1.Cl. The first-order valence-electron chi connectivity index (χ1n) is 8.46. The molecule has 2 saturated heterocycles. The van der Waals surface area contributed by atoms with E-state index >= 15 is 0 Å². The number of hydrogen-bond acceptors (Lipinski definition) is 3. The minimum Gasteiger partial charge on any atom is -0.381 e. The molecule has 1 aromatic rings. The van der Waals surface area contributed by atoms with Gasteiger partial charge in [-0.05, 0) is 50.4 Å². The Morgan fingerprint density at radius 3 is 2.58 bits per heavy atom. The van der Waals surface area contributed by atoms with E-state index in [1.807, 2.05) is 11.9 Å². The van der Waals surface area contributed by atoms with E-state index in [0.717, 1.165) is 31.5 Å². The lowest BCUT2D eigenvalue weighted by Crippen LogP contribution is -2.55. The summed E-state index contributed by atoms with van der Waals surface area (Å²) in [5.41, 5.74) is 0.348. The van der Waals surface area contributed by atoms with Crippen molar-refractivity contribution in [2.75, 3.05) is 33.4 Å². The van der Waals surface area contributed by atoms with Crippen LogP contribution in [0.1, 0.15) is 31.2 Å². The number of hydrogen-bond donors (Lipinski definition) is 1. The fourth-order valence-corrected chi connectivity index (χ4v) is 3.81. The van der Waals surface area contributed by atoms with Crippen molar-refractivity contribution in [3.63, 3.8) is 0 Å². The van der Waals surface area contributed by atoms with Crippen LogP contribution in [-0.2, 0) is 14.9 Å². The third-order valence-corrected chi connectivity index (χ3v) is 5.27. The molecule has 1 atom stereocenters. The molecule has 2 aliphatic rings. The molecule has 0 radical (unpaired) electrons. The van der Waals surface area contributed by atoms with E-state index in [-0.39, 0.29) is 24.1 Å². The van der Waals surface area contributed by atoms with Crippen LogP contribution in [0.3, 0.4) is 0 Å². The summed E-state index contributed by atoms with van der Waals surface area (Å²) in [5, 5.41) is 3.28. The number of carbonyl (C=O) groups is 1. The first-order valence-corrected chi connectivity index (χ1v) is 8.46. The van der Waals surface area contributed by atoms with Gasteiger partial charge in [0.1, 0.15) is 5.82 Å². The Morgan fingerprint density at radius 2 is 1.96 bits per heavy atom. The summed E-state index contributed by atoms with van der Waals surface area (Å²) in [6, 6.07) is 6.78. The highest BCUT2D eigenvalue weighted by Gasteiger charge is 2.44. The number of rotatable bonds is 3. The van der Waals surface area contributed by atoms with Gasteiger partial charge in [-0.2, -0.15) is 0 Å². The van der Waals surface area contributed by atoms with Crippen molar-refractivity contribution < 1.29 is 13.9 Å². The number of likely N-dealkylation sites (N-methyl/N-ethyl adjacent to an activating group) is 1. The molecule has 1 unspecified atom stereocenters. The average Bonchev–Trinajstić information content (AvgIpc) is 2.62. The molecular formula is C18H26ClFN2O2. The van der Waals surface area contributed by atoms with Crippen molar-refractivity contribution >= 4 is 18.3 Å². The predicted molar refractivity (Wildman–Crippen MR) is 94.0 cm³/mol. The van der Waals surface area contributed by atoms with Crippen LogP contribution in [0.15, 0.2) is 24.3 Å². The highest BCUT2D eigenvalue weighted by atomic mass is 35.5. The molecule has 2 heterocycles. The van der Waals surface area contributed by atoms with Crippen LogP contribution < -0.4 is 5.32 Å². The number of piperidine rings is 1. The topological polar surface area (TPSA) is 41.6 Å². The Labute approximate surface area is 149 Å². The number of likely N-dealkylation sites (tertiary alicyclic amines) is 1. The number of halogens is 2. The second kappa shape index (κ2) is 8.28. The fourth-order valence-electron chi connectivity index (χ4n) is 3.81. The molecule has 1 amide bonds. The van der Waals surface area contributed by atoms with Gasteiger partial charge in [0.15, 0.2) is 0 Å². The smallest absolute Gasteiger partial charge is 0.233 e. The summed E-state index contributed by atoms with van der Waals surface area (Å²) >= 11 is 0. The maximum atomic E-state index is 13.4. The highest BCUT2D eigenvalue weighted by molar-refractivity contribution is 5.88. The van der Waals surface area contributed by atoms with E-state index in [1.54, 1.807) is 12.1 Å². The lowest BCUT2D eigenvalue weighted by Gasteiger charge is -2.42. The molecule has 134 valence electrons. The number of nitrogens with one attached hydrogen (secondary N) is 1. The van der Waals surface area contributed by atoms with Crippen LogP contribution in [-0.4, -0.2) is 50.2 Å². The summed E-state index contributed by atoms with van der Waals surface area (Å²) in [5.74, 6) is -0.0935. The molecule has 0 saturated carbocycles. The summed E-state index contributed by atoms with van der Waals surface area (Å²) in [6.45, 7) is 2.71. The molecule has 24 heavy (non-hydrogen) atoms. The zero-order valence-corrected chi connectivity index (χ0v) is 14.9. The van der Waals surface area contributed by atoms with Crippen molar-refractivity contribution in [3.05, 3.63) is 35.6 Å². The number of benzene rings is 1. The largest absolute Gasteiger partial charge is 0.381 e. The normalized spacial score (nSPS) is 23.4. The van der Waals surface area contributed by atoms with E-state index in [9.17, 15) is 9.18 Å². The van der Waals surface area contributed by atoms with Crippen LogP contribution in [0.25, 0.3) is 0 Å². The highest BCUT2D eigenvalue weighted by Crippen LogP contribution is 2.37. The molecule has 0 aromatic heterocycles. The third kappa shape index (κ3) is 3.73. The van der Waals surface area contributed by atoms with Gasteiger partial charge in [0.2, 0.25) is 5.91 Å². The molecule has 1 N–H and O–H groups in total. The number of carbonyl (C=O) groups excluding carboxylic acids is 1. The van der Waals surface area contributed by atoms with E-state index in [4.69, 9.17) is 4.74 Å². The molecule has 2 aliphatic heterocycles. The van der Waals surface area contributed by atoms with Crippen molar-refractivity contribution in [3.8, 4) is 0 Å². The zero-order chi connectivity index (χ0) is 16.3. The van der Waals surface area contributed by atoms with Crippen molar-refractivity contribution in [2.24, 2.45) is 0 Å². The zero-order valence-electron chi connectivity index (χ0n) is 14.1. The van der Waals surface area contributed by atoms with Gasteiger partial charge in [-0.25, -0.2) is 4.39 Å². The van der Waals surface area contributed by atoms with Gasteiger partial charge in [-0.1, -0.05) is 12.1 Å². The molecule has 0 spiro atoms. The quantitative estimate of drug-likeness (QED) is 0.904.